The van der Waals surface area contributed by atoms with E-state index >= 15 is 0 Å². The second-order valence-electron chi connectivity index (χ2n) is 7.45. The highest BCUT2D eigenvalue weighted by Crippen LogP contribution is 2.44. The van der Waals surface area contributed by atoms with E-state index in [4.69, 9.17) is 4.74 Å². The molecule has 1 amide bonds. The molecule has 26 heavy (non-hydrogen) atoms. The summed E-state index contributed by atoms with van der Waals surface area (Å²) in [5.41, 5.74) is 2.66. The number of carbonyl (C=O) groups excluding carboxylic acids is 1. The SMILES string of the molecule is COc1ccc(/C=C(/C(=O)N[C@H]2C[C@H]3CC[C@@H]2C3)c2ccccc2)cc1. The Kier molecular flexibility index (Phi) is 4.79. The van der Waals surface area contributed by atoms with E-state index in [1.165, 1.54) is 19.3 Å². The maximum absolute atomic E-state index is 13.1. The molecular formula is C23H25NO2. The van der Waals surface area contributed by atoms with Crippen LogP contribution in [-0.2, 0) is 4.79 Å². The maximum Gasteiger partial charge on any atom is 0.252 e. The van der Waals surface area contributed by atoms with Crippen molar-refractivity contribution >= 4 is 17.6 Å². The van der Waals surface area contributed by atoms with Gasteiger partial charge in [-0.15, -0.1) is 0 Å². The molecule has 0 aliphatic heterocycles. The summed E-state index contributed by atoms with van der Waals surface area (Å²) in [4.78, 5) is 13.1. The molecule has 2 aliphatic rings. The topological polar surface area (TPSA) is 38.3 Å². The van der Waals surface area contributed by atoms with Crippen molar-refractivity contribution in [2.45, 2.75) is 31.7 Å². The predicted molar refractivity (Wildman–Crippen MR) is 105 cm³/mol. The molecular weight excluding hydrogens is 322 g/mol. The lowest BCUT2D eigenvalue weighted by molar-refractivity contribution is -0.116. The van der Waals surface area contributed by atoms with Crippen LogP contribution in [-0.4, -0.2) is 19.1 Å². The number of fused-ring (bicyclic) bond motifs is 2. The molecule has 2 aromatic carbocycles. The average Bonchev–Trinajstić information content (AvgIpc) is 3.30. The number of hydrogen-bond donors (Lipinski definition) is 1. The van der Waals surface area contributed by atoms with Crippen molar-refractivity contribution < 1.29 is 9.53 Å². The summed E-state index contributed by atoms with van der Waals surface area (Å²) < 4.78 is 5.22. The molecule has 0 radical (unpaired) electrons. The van der Waals surface area contributed by atoms with E-state index in [0.29, 0.717) is 12.0 Å². The molecule has 2 saturated carbocycles. The van der Waals surface area contributed by atoms with Crippen molar-refractivity contribution in [3.8, 4) is 5.75 Å². The molecule has 0 spiro atoms. The molecule has 0 unspecified atom stereocenters. The maximum atomic E-state index is 13.1. The summed E-state index contributed by atoms with van der Waals surface area (Å²) in [5.74, 6) is 2.33. The predicted octanol–water partition coefficient (Wildman–Crippen LogP) is 4.54. The monoisotopic (exact) mass is 347 g/mol. The fourth-order valence-corrected chi connectivity index (χ4v) is 4.43. The van der Waals surface area contributed by atoms with E-state index in [-0.39, 0.29) is 5.91 Å². The molecule has 134 valence electrons. The number of benzene rings is 2. The zero-order valence-electron chi connectivity index (χ0n) is 15.2. The zero-order valence-corrected chi connectivity index (χ0v) is 15.2. The van der Waals surface area contributed by atoms with Crippen molar-refractivity contribution in [3.63, 3.8) is 0 Å². The Balaban J connectivity index is 1.60. The number of ether oxygens (including phenoxy) is 1. The van der Waals surface area contributed by atoms with Crippen LogP contribution >= 0.6 is 0 Å². The molecule has 2 fully saturated rings. The molecule has 1 N–H and O–H groups in total. The van der Waals surface area contributed by atoms with E-state index < -0.39 is 0 Å². The smallest absolute Gasteiger partial charge is 0.252 e. The normalized spacial score (nSPS) is 24.5. The third kappa shape index (κ3) is 3.52. The van der Waals surface area contributed by atoms with Crippen LogP contribution in [0.2, 0.25) is 0 Å². The van der Waals surface area contributed by atoms with Crippen LogP contribution in [0, 0.1) is 11.8 Å². The fraction of sp³-hybridized carbons (Fsp3) is 0.348. The first-order chi connectivity index (χ1) is 12.7. The van der Waals surface area contributed by atoms with Gasteiger partial charge in [0.2, 0.25) is 0 Å². The summed E-state index contributed by atoms with van der Waals surface area (Å²) in [6, 6.07) is 18.0. The molecule has 2 aromatic rings. The summed E-state index contributed by atoms with van der Waals surface area (Å²) in [6.07, 6.45) is 6.99. The van der Waals surface area contributed by atoms with E-state index in [1.54, 1.807) is 7.11 Å². The van der Waals surface area contributed by atoms with Gasteiger partial charge in [0.15, 0.2) is 0 Å². The van der Waals surface area contributed by atoms with Gasteiger partial charge >= 0.3 is 0 Å². The fourth-order valence-electron chi connectivity index (χ4n) is 4.43. The number of carbonyl (C=O) groups is 1. The zero-order chi connectivity index (χ0) is 17.9. The van der Waals surface area contributed by atoms with Crippen LogP contribution in [0.15, 0.2) is 54.6 Å². The minimum atomic E-state index is 0.0320. The van der Waals surface area contributed by atoms with E-state index in [1.807, 2.05) is 60.7 Å². The molecule has 0 heterocycles. The number of amides is 1. The van der Waals surface area contributed by atoms with Crippen molar-refractivity contribution in [1.82, 2.24) is 5.32 Å². The summed E-state index contributed by atoms with van der Waals surface area (Å²) >= 11 is 0. The first kappa shape index (κ1) is 16.9. The van der Waals surface area contributed by atoms with Gasteiger partial charge in [-0.2, -0.15) is 0 Å². The highest BCUT2D eigenvalue weighted by atomic mass is 16.5. The molecule has 4 rings (SSSR count). The first-order valence-corrected chi connectivity index (χ1v) is 9.45. The first-order valence-electron chi connectivity index (χ1n) is 9.45. The standard InChI is InChI=1S/C23H25NO2/c1-26-20-11-8-16(9-12-20)14-21(18-5-3-2-4-6-18)23(25)24-22-15-17-7-10-19(22)13-17/h2-6,8-9,11-12,14,17,19,22H,7,10,13,15H2,1H3,(H,24,25)/b21-14+/t17-,19+,22-/m0/s1. The molecule has 3 heteroatoms. The molecule has 3 atom stereocenters. The Bertz CT molecular complexity index is 795. The van der Waals surface area contributed by atoms with Crippen molar-refractivity contribution in [1.29, 1.82) is 0 Å². The third-order valence-corrected chi connectivity index (χ3v) is 5.81. The van der Waals surface area contributed by atoms with E-state index in [2.05, 4.69) is 5.32 Å². The van der Waals surface area contributed by atoms with Crippen LogP contribution in [0.25, 0.3) is 11.6 Å². The Morgan fingerprint density at radius 3 is 2.42 bits per heavy atom. The molecule has 0 aromatic heterocycles. The van der Waals surface area contributed by atoms with Gasteiger partial charge in [-0.05, 0) is 60.4 Å². The van der Waals surface area contributed by atoms with Gasteiger partial charge in [0, 0.05) is 11.6 Å². The van der Waals surface area contributed by atoms with Crippen LogP contribution in [0.3, 0.4) is 0 Å². The average molecular weight is 347 g/mol. The van der Waals surface area contributed by atoms with Gasteiger partial charge in [0.25, 0.3) is 5.91 Å². The van der Waals surface area contributed by atoms with E-state index in [0.717, 1.165) is 34.8 Å². The summed E-state index contributed by atoms with van der Waals surface area (Å²) in [7, 11) is 1.66. The number of hydrogen-bond acceptors (Lipinski definition) is 2. The highest BCUT2D eigenvalue weighted by molar-refractivity contribution is 6.24. The van der Waals surface area contributed by atoms with Gasteiger partial charge in [-0.3, -0.25) is 4.79 Å². The van der Waals surface area contributed by atoms with Crippen LogP contribution in [0.4, 0.5) is 0 Å². The van der Waals surface area contributed by atoms with Crippen LogP contribution in [0.5, 0.6) is 5.75 Å². The van der Waals surface area contributed by atoms with Crippen molar-refractivity contribution in [2.75, 3.05) is 7.11 Å². The summed E-state index contributed by atoms with van der Waals surface area (Å²) in [5, 5.41) is 3.32. The Morgan fingerprint density at radius 2 is 1.81 bits per heavy atom. The largest absolute Gasteiger partial charge is 0.497 e. The van der Waals surface area contributed by atoms with Gasteiger partial charge < -0.3 is 10.1 Å². The van der Waals surface area contributed by atoms with Gasteiger partial charge in [0.1, 0.15) is 5.75 Å². The number of methoxy groups -OCH3 is 1. The number of nitrogens with one attached hydrogen (secondary N) is 1. The second kappa shape index (κ2) is 7.36. The van der Waals surface area contributed by atoms with Gasteiger partial charge in [0.05, 0.1) is 7.11 Å². The third-order valence-electron chi connectivity index (χ3n) is 5.81. The van der Waals surface area contributed by atoms with Crippen molar-refractivity contribution in [2.24, 2.45) is 11.8 Å². The minimum Gasteiger partial charge on any atom is -0.497 e. The van der Waals surface area contributed by atoms with Gasteiger partial charge in [-0.25, -0.2) is 0 Å². The minimum absolute atomic E-state index is 0.0320. The lowest BCUT2D eigenvalue weighted by Crippen LogP contribution is -2.38. The number of rotatable bonds is 5. The van der Waals surface area contributed by atoms with Crippen LogP contribution in [0.1, 0.15) is 36.8 Å². The van der Waals surface area contributed by atoms with Gasteiger partial charge in [-0.1, -0.05) is 48.9 Å². The molecule has 2 aliphatic carbocycles. The molecule has 3 nitrogen and oxygen atoms in total. The molecule has 0 saturated heterocycles. The lowest BCUT2D eigenvalue weighted by atomic mass is 9.94. The Morgan fingerprint density at radius 1 is 1.04 bits per heavy atom. The second-order valence-corrected chi connectivity index (χ2v) is 7.45. The Hall–Kier alpha value is -2.55. The van der Waals surface area contributed by atoms with E-state index in [9.17, 15) is 4.79 Å². The summed E-state index contributed by atoms with van der Waals surface area (Å²) in [6.45, 7) is 0. The molecule has 2 bridgehead atoms. The van der Waals surface area contributed by atoms with Crippen LogP contribution < -0.4 is 10.1 Å². The van der Waals surface area contributed by atoms with Crippen molar-refractivity contribution in [3.05, 3.63) is 65.7 Å². The lowest BCUT2D eigenvalue weighted by Gasteiger charge is -2.23. The quantitative estimate of drug-likeness (QED) is 0.637. The Labute approximate surface area is 155 Å². The highest BCUT2D eigenvalue weighted by Gasteiger charge is 2.40.